The Morgan fingerprint density at radius 3 is 1.55 bits per heavy atom. The zero-order chi connectivity index (χ0) is 15.4. The van der Waals surface area contributed by atoms with Crippen LogP contribution in [-0.4, -0.2) is 32.0 Å². The molecule has 0 amide bonds. The van der Waals surface area contributed by atoms with E-state index in [2.05, 4.69) is 30.6 Å². The molecule has 116 valence electrons. The average molecular weight is 298 g/mol. The number of nitrogens with zero attached hydrogens (tertiary/aromatic N) is 4. The van der Waals surface area contributed by atoms with Crippen LogP contribution in [0.3, 0.4) is 0 Å². The van der Waals surface area contributed by atoms with Crippen LogP contribution in [0, 0.1) is 13.8 Å². The molecule has 2 aromatic rings. The Morgan fingerprint density at radius 1 is 0.773 bits per heavy atom. The third kappa shape index (κ3) is 3.90. The fourth-order valence-corrected chi connectivity index (χ4v) is 2.78. The molecule has 0 aliphatic heterocycles. The van der Waals surface area contributed by atoms with Crippen molar-refractivity contribution in [3.8, 4) is 0 Å². The van der Waals surface area contributed by atoms with Crippen molar-refractivity contribution in [1.29, 1.82) is 0 Å². The topological polar surface area (TPSA) is 75.6 Å². The van der Waals surface area contributed by atoms with E-state index >= 15 is 0 Å². The fraction of sp³-hybridized carbons (Fsp3) is 0.500. The molecule has 2 N–H and O–H groups in total. The molecular formula is C16H22N6. The first-order valence-corrected chi connectivity index (χ1v) is 7.81. The molecule has 0 atom stereocenters. The second-order valence-electron chi connectivity index (χ2n) is 5.88. The minimum atomic E-state index is 0.443. The van der Waals surface area contributed by atoms with Gasteiger partial charge in [0, 0.05) is 35.9 Å². The van der Waals surface area contributed by atoms with Gasteiger partial charge in [0.25, 0.3) is 0 Å². The first kappa shape index (κ1) is 14.7. The maximum Gasteiger partial charge on any atom is 0.223 e. The molecule has 6 nitrogen and oxygen atoms in total. The number of nitrogens with one attached hydrogen (secondary N) is 2. The van der Waals surface area contributed by atoms with E-state index in [9.17, 15) is 0 Å². The highest BCUT2D eigenvalue weighted by molar-refractivity contribution is 5.29. The second kappa shape index (κ2) is 6.68. The van der Waals surface area contributed by atoms with E-state index < -0.39 is 0 Å². The minimum absolute atomic E-state index is 0.443. The van der Waals surface area contributed by atoms with Gasteiger partial charge in [-0.25, -0.2) is 19.9 Å². The van der Waals surface area contributed by atoms with Crippen LogP contribution >= 0.6 is 0 Å². The van der Waals surface area contributed by atoms with Gasteiger partial charge in [0.15, 0.2) is 0 Å². The van der Waals surface area contributed by atoms with Crippen LogP contribution in [0.15, 0.2) is 24.5 Å². The predicted molar refractivity (Wildman–Crippen MR) is 86.8 cm³/mol. The first-order chi connectivity index (χ1) is 10.7. The van der Waals surface area contributed by atoms with Gasteiger partial charge >= 0.3 is 0 Å². The summed E-state index contributed by atoms with van der Waals surface area (Å²) in [6.45, 7) is 3.96. The zero-order valence-corrected chi connectivity index (χ0v) is 13.1. The van der Waals surface area contributed by atoms with Crippen molar-refractivity contribution in [2.45, 2.75) is 51.6 Å². The van der Waals surface area contributed by atoms with E-state index in [0.29, 0.717) is 12.1 Å². The largest absolute Gasteiger partial charge is 0.351 e. The zero-order valence-electron chi connectivity index (χ0n) is 13.1. The molecule has 0 spiro atoms. The second-order valence-corrected chi connectivity index (χ2v) is 5.88. The van der Waals surface area contributed by atoms with Crippen LogP contribution < -0.4 is 10.6 Å². The molecule has 0 bridgehead atoms. The molecule has 1 saturated carbocycles. The summed E-state index contributed by atoms with van der Waals surface area (Å²) in [7, 11) is 0. The lowest BCUT2D eigenvalue weighted by Crippen LogP contribution is -2.33. The Hall–Kier alpha value is -2.24. The summed E-state index contributed by atoms with van der Waals surface area (Å²) in [4.78, 5) is 17.4. The number of hydrogen-bond donors (Lipinski definition) is 2. The van der Waals surface area contributed by atoms with Crippen molar-refractivity contribution in [3.63, 3.8) is 0 Å². The molecule has 0 unspecified atom stereocenters. The summed E-state index contributed by atoms with van der Waals surface area (Å²) in [6, 6.07) is 4.71. The molecule has 1 aliphatic carbocycles. The van der Waals surface area contributed by atoms with Crippen molar-refractivity contribution in [2.24, 2.45) is 0 Å². The Labute approximate surface area is 130 Å². The highest BCUT2D eigenvalue weighted by Gasteiger charge is 2.22. The Kier molecular flexibility index (Phi) is 4.46. The highest BCUT2D eigenvalue weighted by atomic mass is 15.1. The quantitative estimate of drug-likeness (QED) is 0.904. The third-order valence-corrected chi connectivity index (χ3v) is 3.98. The standard InChI is InChI=1S/C16H22N6/c1-11-7-9-17-15(19-11)21-13-3-5-14(6-4-13)22-16-18-10-8-12(2)20-16/h7-10,13-14H,3-6H2,1-2H3,(H,17,19,21)(H,18,20,22). The molecule has 0 saturated heterocycles. The Morgan fingerprint density at radius 2 is 1.18 bits per heavy atom. The maximum absolute atomic E-state index is 4.41. The lowest BCUT2D eigenvalue weighted by atomic mass is 9.91. The fourth-order valence-electron chi connectivity index (χ4n) is 2.78. The average Bonchev–Trinajstić information content (AvgIpc) is 2.49. The van der Waals surface area contributed by atoms with Crippen LogP contribution in [0.25, 0.3) is 0 Å². The van der Waals surface area contributed by atoms with Crippen LogP contribution in [-0.2, 0) is 0 Å². The number of hydrogen-bond acceptors (Lipinski definition) is 6. The monoisotopic (exact) mass is 298 g/mol. The SMILES string of the molecule is Cc1ccnc(NC2CCC(Nc3nccc(C)n3)CC2)n1. The summed E-state index contributed by atoms with van der Waals surface area (Å²) in [5, 5.41) is 6.87. The van der Waals surface area contributed by atoms with Gasteiger partial charge in [0.2, 0.25) is 11.9 Å². The minimum Gasteiger partial charge on any atom is -0.351 e. The maximum atomic E-state index is 4.41. The van der Waals surface area contributed by atoms with Crippen LogP contribution in [0.2, 0.25) is 0 Å². The van der Waals surface area contributed by atoms with E-state index in [1.807, 2.05) is 26.0 Å². The van der Waals surface area contributed by atoms with Gasteiger partial charge in [0.1, 0.15) is 0 Å². The molecule has 1 fully saturated rings. The molecule has 0 aromatic carbocycles. The van der Waals surface area contributed by atoms with Gasteiger partial charge in [-0.2, -0.15) is 0 Å². The van der Waals surface area contributed by atoms with E-state index in [1.165, 1.54) is 0 Å². The number of aryl methyl sites for hydroxylation is 2. The number of anilines is 2. The summed E-state index contributed by atoms with van der Waals surface area (Å²) in [6.07, 6.45) is 7.99. The van der Waals surface area contributed by atoms with E-state index in [-0.39, 0.29) is 0 Å². The molecule has 3 rings (SSSR count). The first-order valence-electron chi connectivity index (χ1n) is 7.81. The number of aromatic nitrogens is 4. The third-order valence-electron chi connectivity index (χ3n) is 3.98. The van der Waals surface area contributed by atoms with Crippen LogP contribution in [0.5, 0.6) is 0 Å². The van der Waals surface area contributed by atoms with Gasteiger partial charge in [-0.15, -0.1) is 0 Å². The van der Waals surface area contributed by atoms with E-state index in [1.54, 1.807) is 12.4 Å². The van der Waals surface area contributed by atoms with Gasteiger partial charge in [-0.05, 0) is 51.7 Å². The van der Waals surface area contributed by atoms with Crippen molar-refractivity contribution in [2.75, 3.05) is 10.6 Å². The normalized spacial score (nSPS) is 21.4. The summed E-state index contributed by atoms with van der Waals surface area (Å²) >= 11 is 0. The van der Waals surface area contributed by atoms with Gasteiger partial charge in [-0.3, -0.25) is 0 Å². The van der Waals surface area contributed by atoms with Gasteiger partial charge in [-0.1, -0.05) is 0 Å². The predicted octanol–water partition coefficient (Wildman–Crippen LogP) is 2.72. The summed E-state index contributed by atoms with van der Waals surface area (Å²) in [5.74, 6) is 1.47. The van der Waals surface area contributed by atoms with E-state index in [4.69, 9.17) is 0 Å². The lowest BCUT2D eigenvalue weighted by Gasteiger charge is -2.29. The molecule has 2 aromatic heterocycles. The summed E-state index contributed by atoms with van der Waals surface area (Å²) < 4.78 is 0. The highest BCUT2D eigenvalue weighted by Crippen LogP contribution is 2.23. The van der Waals surface area contributed by atoms with Crippen molar-refractivity contribution < 1.29 is 0 Å². The smallest absolute Gasteiger partial charge is 0.223 e. The molecule has 2 heterocycles. The lowest BCUT2D eigenvalue weighted by molar-refractivity contribution is 0.426. The van der Waals surface area contributed by atoms with E-state index in [0.717, 1.165) is 49.0 Å². The Balaban J connectivity index is 1.50. The molecule has 1 aliphatic rings. The van der Waals surface area contributed by atoms with Crippen LogP contribution in [0.1, 0.15) is 37.1 Å². The molecule has 0 radical (unpaired) electrons. The number of rotatable bonds is 4. The van der Waals surface area contributed by atoms with Crippen molar-refractivity contribution in [1.82, 2.24) is 19.9 Å². The summed E-state index contributed by atoms with van der Waals surface area (Å²) in [5.41, 5.74) is 1.98. The molecule has 6 heteroatoms. The van der Waals surface area contributed by atoms with Crippen molar-refractivity contribution in [3.05, 3.63) is 35.9 Å². The van der Waals surface area contributed by atoms with Crippen LogP contribution in [0.4, 0.5) is 11.9 Å². The van der Waals surface area contributed by atoms with Crippen molar-refractivity contribution >= 4 is 11.9 Å². The van der Waals surface area contributed by atoms with Gasteiger partial charge < -0.3 is 10.6 Å². The Bertz CT molecular complexity index is 566. The van der Waals surface area contributed by atoms with Gasteiger partial charge in [0.05, 0.1) is 0 Å². The molecular weight excluding hydrogens is 276 g/mol. The molecule has 22 heavy (non-hydrogen) atoms.